The number of hydrogen-bond acceptors (Lipinski definition) is 0. The summed E-state index contributed by atoms with van der Waals surface area (Å²) in [6.07, 6.45) is 4.38. The van der Waals surface area contributed by atoms with Crippen molar-refractivity contribution in [2.24, 2.45) is 7.05 Å². The summed E-state index contributed by atoms with van der Waals surface area (Å²) in [4.78, 5) is 0. The topological polar surface area (TPSA) is 3.88 Å². The van der Waals surface area contributed by atoms with Crippen molar-refractivity contribution in [3.8, 4) is 0 Å². The van der Waals surface area contributed by atoms with Crippen LogP contribution in [0.2, 0.25) is 0 Å². The number of aryl methyl sites for hydroxylation is 2. The highest BCUT2D eigenvalue weighted by atomic mass is 127. The number of halogens is 2. The summed E-state index contributed by atoms with van der Waals surface area (Å²) in [5, 5.41) is 0. The van der Waals surface area contributed by atoms with Crippen LogP contribution in [0.1, 0.15) is 5.56 Å². The maximum atomic E-state index is 11.8. The molecule has 0 aromatic carbocycles. The number of hydrogen-bond donors (Lipinski definition) is 0. The van der Waals surface area contributed by atoms with Crippen molar-refractivity contribution in [2.75, 3.05) is 6.67 Å². The largest absolute Gasteiger partial charge is 1.00 e. The summed E-state index contributed by atoms with van der Waals surface area (Å²) in [5.74, 6) is 0. The molecule has 0 aliphatic rings. The Hall–Kier alpha value is -0.190. The number of nitrogens with zero attached hydrogens (tertiary/aromatic N) is 1. The molecule has 1 nitrogen and oxygen atoms in total. The van der Waals surface area contributed by atoms with Gasteiger partial charge in [0.1, 0.15) is 7.05 Å². The van der Waals surface area contributed by atoms with Crippen LogP contribution in [0.5, 0.6) is 0 Å². The van der Waals surface area contributed by atoms with Gasteiger partial charge in [0, 0.05) is 18.1 Å². The average molecular weight is 267 g/mol. The fourth-order valence-corrected chi connectivity index (χ4v) is 0.907. The lowest BCUT2D eigenvalue weighted by Crippen LogP contribution is -3.00. The molecule has 0 bridgehead atoms. The van der Waals surface area contributed by atoms with Gasteiger partial charge in [0.05, 0.1) is 6.67 Å². The van der Waals surface area contributed by atoms with Gasteiger partial charge < -0.3 is 24.0 Å². The second kappa shape index (κ2) is 5.46. The van der Waals surface area contributed by atoms with Crippen LogP contribution in [0.15, 0.2) is 24.5 Å². The molecule has 0 unspecified atom stereocenters. The highest BCUT2D eigenvalue weighted by Crippen LogP contribution is 1.94. The maximum Gasteiger partial charge on any atom is 0.171 e. The summed E-state index contributed by atoms with van der Waals surface area (Å²) in [7, 11) is 1.93. The SMILES string of the molecule is C[n+]1cccc(CCF)c1.[I-]. The summed E-state index contributed by atoms with van der Waals surface area (Å²) >= 11 is 0. The smallest absolute Gasteiger partial charge is 0.171 e. The highest BCUT2D eigenvalue weighted by Gasteiger charge is 1.95. The van der Waals surface area contributed by atoms with E-state index in [9.17, 15) is 4.39 Å². The van der Waals surface area contributed by atoms with Crippen LogP contribution in [0.3, 0.4) is 0 Å². The van der Waals surface area contributed by atoms with Gasteiger partial charge in [0.15, 0.2) is 12.4 Å². The molecule has 0 N–H and O–H groups in total. The van der Waals surface area contributed by atoms with Gasteiger partial charge in [-0.25, -0.2) is 4.57 Å². The Kier molecular flexibility index (Phi) is 5.36. The Morgan fingerprint density at radius 2 is 2.27 bits per heavy atom. The molecular formula is C8H11FIN. The molecule has 62 valence electrons. The first-order valence-corrected chi connectivity index (χ1v) is 3.33. The van der Waals surface area contributed by atoms with E-state index in [1.807, 2.05) is 36.1 Å². The Labute approximate surface area is 83.3 Å². The third-order valence-electron chi connectivity index (χ3n) is 1.38. The van der Waals surface area contributed by atoms with Crippen LogP contribution in [0, 0.1) is 0 Å². The molecule has 1 rings (SSSR count). The fraction of sp³-hybridized carbons (Fsp3) is 0.375. The molecular weight excluding hydrogens is 256 g/mol. The Balaban J connectivity index is 0.000001000. The summed E-state index contributed by atoms with van der Waals surface area (Å²) in [6.45, 7) is -0.274. The van der Waals surface area contributed by atoms with E-state index in [1.165, 1.54) is 0 Å². The number of pyridine rings is 1. The molecule has 0 atom stereocenters. The molecule has 1 heterocycles. The van der Waals surface area contributed by atoms with Crippen molar-refractivity contribution in [1.29, 1.82) is 0 Å². The fourth-order valence-electron chi connectivity index (χ4n) is 0.907. The van der Waals surface area contributed by atoms with E-state index in [4.69, 9.17) is 0 Å². The summed E-state index contributed by atoms with van der Waals surface area (Å²) in [6, 6.07) is 3.85. The Morgan fingerprint density at radius 3 is 2.82 bits per heavy atom. The van der Waals surface area contributed by atoms with Crippen molar-refractivity contribution in [3.63, 3.8) is 0 Å². The third-order valence-corrected chi connectivity index (χ3v) is 1.38. The van der Waals surface area contributed by atoms with Crippen LogP contribution < -0.4 is 28.5 Å². The molecule has 1 aromatic heterocycles. The van der Waals surface area contributed by atoms with Crippen LogP contribution in [-0.2, 0) is 13.5 Å². The van der Waals surface area contributed by atoms with E-state index in [0.29, 0.717) is 6.42 Å². The second-order valence-corrected chi connectivity index (χ2v) is 2.32. The molecule has 3 heteroatoms. The zero-order valence-corrected chi connectivity index (χ0v) is 8.58. The number of alkyl halides is 1. The zero-order valence-electron chi connectivity index (χ0n) is 6.43. The molecule has 11 heavy (non-hydrogen) atoms. The monoisotopic (exact) mass is 267 g/mol. The second-order valence-electron chi connectivity index (χ2n) is 2.32. The van der Waals surface area contributed by atoms with E-state index in [2.05, 4.69) is 0 Å². The van der Waals surface area contributed by atoms with Crippen molar-refractivity contribution >= 4 is 0 Å². The van der Waals surface area contributed by atoms with Gasteiger partial charge >= 0.3 is 0 Å². The highest BCUT2D eigenvalue weighted by molar-refractivity contribution is 5.04. The lowest BCUT2D eigenvalue weighted by atomic mass is 10.2. The summed E-state index contributed by atoms with van der Waals surface area (Å²) in [5.41, 5.74) is 1.05. The molecule has 0 radical (unpaired) electrons. The molecule has 1 aromatic rings. The maximum absolute atomic E-state index is 11.8. The van der Waals surface area contributed by atoms with Crippen LogP contribution in [0.4, 0.5) is 4.39 Å². The summed E-state index contributed by atoms with van der Waals surface area (Å²) < 4.78 is 13.7. The first kappa shape index (κ1) is 10.8. The van der Waals surface area contributed by atoms with Gasteiger partial charge in [0.25, 0.3) is 0 Å². The van der Waals surface area contributed by atoms with Gasteiger partial charge in [-0.3, -0.25) is 4.39 Å². The normalized spacial score (nSPS) is 8.91. The van der Waals surface area contributed by atoms with Gasteiger partial charge in [-0.15, -0.1) is 0 Å². The lowest BCUT2D eigenvalue weighted by molar-refractivity contribution is -0.671. The Bertz CT molecular complexity index is 215. The van der Waals surface area contributed by atoms with Gasteiger partial charge in [-0.2, -0.15) is 0 Å². The first-order chi connectivity index (χ1) is 4.83. The van der Waals surface area contributed by atoms with Crippen LogP contribution in [-0.4, -0.2) is 6.67 Å². The minimum Gasteiger partial charge on any atom is -1.00 e. The third kappa shape index (κ3) is 3.65. The van der Waals surface area contributed by atoms with E-state index in [1.54, 1.807) is 0 Å². The quantitative estimate of drug-likeness (QED) is 0.432. The minimum absolute atomic E-state index is 0. The average Bonchev–Trinajstić information content (AvgIpc) is 1.88. The molecule has 0 spiro atoms. The van der Waals surface area contributed by atoms with Gasteiger partial charge in [-0.1, -0.05) is 0 Å². The predicted molar refractivity (Wildman–Crippen MR) is 37.3 cm³/mol. The van der Waals surface area contributed by atoms with Crippen molar-refractivity contribution in [1.82, 2.24) is 0 Å². The molecule has 0 saturated carbocycles. The minimum atomic E-state index is -0.274. The van der Waals surface area contributed by atoms with Crippen molar-refractivity contribution in [2.45, 2.75) is 6.42 Å². The molecule has 0 aliphatic carbocycles. The first-order valence-electron chi connectivity index (χ1n) is 3.33. The van der Waals surface area contributed by atoms with Crippen LogP contribution in [0.25, 0.3) is 0 Å². The van der Waals surface area contributed by atoms with Crippen LogP contribution >= 0.6 is 0 Å². The molecule has 0 aliphatic heterocycles. The predicted octanol–water partition coefficient (Wildman–Crippen LogP) is -1.97. The number of aromatic nitrogens is 1. The van der Waals surface area contributed by atoms with E-state index < -0.39 is 0 Å². The van der Waals surface area contributed by atoms with Gasteiger partial charge in [0.2, 0.25) is 0 Å². The number of rotatable bonds is 2. The van der Waals surface area contributed by atoms with E-state index >= 15 is 0 Å². The van der Waals surface area contributed by atoms with Crippen molar-refractivity contribution < 1.29 is 32.9 Å². The molecule has 0 fully saturated rings. The van der Waals surface area contributed by atoms with E-state index in [-0.39, 0.29) is 30.7 Å². The Morgan fingerprint density at radius 1 is 1.55 bits per heavy atom. The molecule has 0 amide bonds. The molecule has 0 saturated heterocycles. The standard InChI is InChI=1S/C8H11FN.HI/c1-10-6-2-3-8(7-10)4-5-9;/h2-3,6-7H,4-5H2,1H3;1H/q+1;/p-1. The zero-order chi connectivity index (χ0) is 7.40. The van der Waals surface area contributed by atoms with E-state index in [0.717, 1.165) is 5.56 Å². The van der Waals surface area contributed by atoms with Crippen molar-refractivity contribution in [3.05, 3.63) is 30.1 Å². The lowest BCUT2D eigenvalue weighted by Gasteiger charge is -1.92. The van der Waals surface area contributed by atoms with Gasteiger partial charge in [-0.05, 0) is 6.07 Å².